The minimum Gasteiger partial charge on any atom is -0.287 e. The number of halogens is 4. The Labute approximate surface area is 147 Å². The largest absolute Gasteiger partial charge is 0.389 e. The molecule has 2 rings (SSSR count). The lowest BCUT2D eigenvalue weighted by Crippen LogP contribution is -2.24. The number of hydrogen-bond donors (Lipinski definition) is 0. The van der Waals surface area contributed by atoms with Crippen LogP contribution in [0.2, 0.25) is 5.02 Å². The van der Waals surface area contributed by atoms with Crippen molar-refractivity contribution in [2.75, 3.05) is 5.75 Å². The molecule has 0 saturated carbocycles. The van der Waals surface area contributed by atoms with Gasteiger partial charge in [-0.25, -0.2) is 4.98 Å². The van der Waals surface area contributed by atoms with E-state index in [0.29, 0.717) is 33.5 Å². The van der Waals surface area contributed by atoms with Crippen molar-refractivity contribution in [2.45, 2.75) is 44.6 Å². The van der Waals surface area contributed by atoms with Crippen LogP contribution in [0.5, 0.6) is 0 Å². The summed E-state index contributed by atoms with van der Waals surface area (Å²) in [5, 5.41) is 1.16. The summed E-state index contributed by atoms with van der Waals surface area (Å²) in [6.07, 6.45) is -4.41. The van der Waals surface area contributed by atoms with E-state index in [1.54, 1.807) is 18.2 Å². The molecule has 0 amide bonds. The van der Waals surface area contributed by atoms with Crippen LogP contribution in [-0.4, -0.2) is 21.5 Å². The molecule has 0 aliphatic rings. The highest BCUT2D eigenvalue weighted by molar-refractivity contribution is 7.99. The van der Waals surface area contributed by atoms with E-state index in [-0.39, 0.29) is 11.3 Å². The van der Waals surface area contributed by atoms with Gasteiger partial charge in [0.25, 0.3) is 5.56 Å². The minimum atomic E-state index is -4.23. The van der Waals surface area contributed by atoms with Crippen molar-refractivity contribution < 1.29 is 13.2 Å². The molecule has 2 aromatic rings. The fraction of sp³-hybridized carbons (Fsp3) is 0.500. The van der Waals surface area contributed by atoms with Crippen LogP contribution in [0.25, 0.3) is 10.9 Å². The molecule has 0 atom stereocenters. The van der Waals surface area contributed by atoms with Crippen LogP contribution >= 0.6 is 23.4 Å². The second kappa shape index (κ2) is 7.78. The zero-order valence-electron chi connectivity index (χ0n) is 13.4. The molecule has 1 aromatic heterocycles. The molecule has 0 bridgehead atoms. The Bertz CT molecular complexity index is 774. The number of hydrogen-bond acceptors (Lipinski definition) is 3. The number of thioether (sulfide) groups is 1. The number of fused-ring (bicyclic) bond motifs is 1. The molecule has 1 aromatic carbocycles. The zero-order chi connectivity index (χ0) is 17.9. The summed E-state index contributed by atoms with van der Waals surface area (Å²) < 4.78 is 38.6. The van der Waals surface area contributed by atoms with Crippen LogP contribution in [0.4, 0.5) is 13.2 Å². The third-order valence-electron chi connectivity index (χ3n) is 3.43. The SMILES string of the molecule is CC(C)CCn1c(SCCC(F)(F)F)nc2cc(Cl)ccc2c1=O. The van der Waals surface area contributed by atoms with E-state index in [1.165, 1.54) is 4.57 Å². The average molecular weight is 379 g/mol. The van der Waals surface area contributed by atoms with Crippen molar-refractivity contribution >= 4 is 34.3 Å². The van der Waals surface area contributed by atoms with Gasteiger partial charge in [0, 0.05) is 17.3 Å². The third kappa shape index (κ3) is 5.14. The maximum absolute atomic E-state index is 12.7. The van der Waals surface area contributed by atoms with Gasteiger partial charge in [0.1, 0.15) is 0 Å². The van der Waals surface area contributed by atoms with Crippen molar-refractivity contribution in [3.8, 4) is 0 Å². The molecule has 24 heavy (non-hydrogen) atoms. The van der Waals surface area contributed by atoms with Crippen LogP contribution in [0.15, 0.2) is 28.2 Å². The van der Waals surface area contributed by atoms with Crippen molar-refractivity contribution in [1.82, 2.24) is 9.55 Å². The fourth-order valence-electron chi connectivity index (χ4n) is 2.13. The second-order valence-corrected chi connectivity index (χ2v) is 7.41. The van der Waals surface area contributed by atoms with E-state index in [0.717, 1.165) is 18.2 Å². The van der Waals surface area contributed by atoms with Crippen molar-refractivity contribution in [3.63, 3.8) is 0 Å². The lowest BCUT2D eigenvalue weighted by molar-refractivity contribution is -0.129. The van der Waals surface area contributed by atoms with Gasteiger partial charge in [-0.05, 0) is 30.5 Å². The average Bonchev–Trinajstić information content (AvgIpc) is 2.44. The molecule has 0 spiro atoms. The molecule has 0 N–H and O–H groups in total. The van der Waals surface area contributed by atoms with Gasteiger partial charge in [0.2, 0.25) is 0 Å². The fourth-order valence-corrected chi connectivity index (χ4v) is 3.30. The first kappa shape index (κ1) is 19.1. The lowest BCUT2D eigenvalue weighted by atomic mass is 10.1. The molecule has 8 heteroatoms. The highest BCUT2D eigenvalue weighted by Crippen LogP contribution is 2.26. The van der Waals surface area contributed by atoms with Crippen LogP contribution in [0.1, 0.15) is 26.7 Å². The Balaban J connectivity index is 2.40. The molecule has 0 fully saturated rings. The standard InChI is InChI=1S/C16H18ClF3N2OS/c1-10(2)5-7-22-14(23)12-4-3-11(17)9-13(12)21-15(22)24-8-6-16(18,19)20/h3-4,9-10H,5-8H2,1-2H3. The van der Waals surface area contributed by atoms with Crippen LogP contribution < -0.4 is 5.56 Å². The van der Waals surface area contributed by atoms with E-state index in [1.807, 2.05) is 13.8 Å². The highest BCUT2D eigenvalue weighted by Gasteiger charge is 2.27. The number of rotatable bonds is 6. The molecule has 0 saturated heterocycles. The Hall–Kier alpha value is -1.21. The van der Waals surface area contributed by atoms with Crippen LogP contribution in [-0.2, 0) is 6.54 Å². The predicted octanol–water partition coefficient (Wildman–Crippen LogP) is 5.14. The maximum atomic E-state index is 12.7. The van der Waals surface area contributed by atoms with Gasteiger partial charge in [-0.15, -0.1) is 0 Å². The van der Waals surface area contributed by atoms with Gasteiger partial charge in [-0.2, -0.15) is 13.2 Å². The number of aromatic nitrogens is 2. The van der Waals surface area contributed by atoms with Crippen LogP contribution in [0, 0.1) is 5.92 Å². The Morgan fingerprint density at radius 3 is 2.67 bits per heavy atom. The van der Waals surface area contributed by atoms with Crippen molar-refractivity contribution in [3.05, 3.63) is 33.6 Å². The molecule has 0 unspecified atom stereocenters. The first-order valence-electron chi connectivity index (χ1n) is 7.57. The van der Waals surface area contributed by atoms with Gasteiger partial charge < -0.3 is 0 Å². The molecule has 3 nitrogen and oxygen atoms in total. The molecule has 0 aliphatic carbocycles. The van der Waals surface area contributed by atoms with E-state index in [2.05, 4.69) is 4.98 Å². The van der Waals surface area contributed by atoms with E-state index >= 15 is 0 Å². The summed E-state index contributed by atoms with van der Waals surface area (Å²) in [5.41, 5.74) is 0.162. The first-order valence-corrected chi connectivity index (χ1v) is 8.93. The summed E-state index contributed by atoms with van der Waals surface area (Å²) in [7, 11) is 0. The van der Waals surface area contributed by atoms with Crippen molar-refractivity contribution in [2.24, 2.45) is 5.92 Å². The first-order chi connectivity index (χ1) is 11.2. The summed E-state index contributed by atoms with van der Waals surface area (Å²) in [5.74, 6) is 0.190. The Morgan fingerprint density at radius 1 is 1.33 bits per heavy atom. The summed E-state index contributed by atoms with van der Waals surface area (Å²) in [6.45, 7) is 4.47. The minimum absolute atomic E-state index is 0.177. The topological polar surface area (TPSA) is 34.9 Å². The molecule has 0 radical (unpaired) electrons. The number of nitrogens with zero attached hydrogens (tertiary/aromatic N) is 2. The highest BCUT2D eigenvalue weighted by atomic mass is 35.5. The van der Waals surface area contributed by atoms with Gasteiger partial charge >= 0.3 is 6.18 Å². The van der Waals surface area contributed by atoms with Gasteiger partial charge in [0.15, 0.2) is 5.16 Å². The molecular weight excluding hydrogens is 361 g/mol. The summed E-state index contributed by atoms with van der Waals surface area (Å²) in [6, 6.07) is 4.76. The number of alkyl halides is 3. The second-order valence-electron chi connectivity index (χ2n) is 5.91. The molecule has 1 heterocycles. The normalized spacial score (nSPS) is 12.3. The van der Waals surface area contributed by atoms with Gasteiger partial charge in [-0.3, -0.25) is 9.36 Å². The summed E-state index contributed by atoms with van der Waals surface area (Å²) in [4.78, 5) is 17.0. The van der Waals surface area contributed by atoms with E-state index < -0.39 is 12.6 Å². The third-order valence-corrected chi connectivity index (χ3v) is 4.64. The Morgan fingerprint density at radius 2 is 2.04 bits per heavy atom. The molecule has 0 aliphatic heterocycles. The van der Waals surface area contributed by atoms with E-state index in [4.69, 9.17) is 11.6 Å². The molecular formula is C16H18ClF3N2OS. The summed E-state index contributed by atoms with van der Waals surface area (Å²) >= 11 is 6.87. The molecule has 132 valence electrons. The predicted molar refractivity (Wildman–Crippen MR) is 91.9 cm³/mol. The van der Waals surface area contributed by atoms with Gasteiger partial charge in [0.05, 0.1) is 17.3 Å². The van der Waals surface area contributed by atoms with E-state index in [9.17, 15) is 18.0 Å². The quantitative estimate of drug-likeness (QED) is 0.515. The lowest BCUT2D eigenvalue weighted by Gasteiger charge is -2.14. The van der Waals surface area contributed by atoms with Gasteiger partial charge in [-0.1, -0.05) is 37.2 Å². The smallest absolute Gasteiger partial charge is 0.287 e. The monoisotopic (exact) mass is 378 g/mol. The Kier molecular flexibility index (Phi) is 6.20. The van der Waals surface area contributed by atoms with Crippen molar-refractivity contribution in [1.29, 1.82) is 0 Å². The van der Waals surface area contributed by atoms with Crippen LogP contribution in [0.3, 0.4) is 0 Å². The number of benzene rings is 1. The maximum Gasteiger partial charge on any atom is 0.389 e. The zero-order valence-corrected chi connectivity index (χ0v) is 14.9.